The molecule has 2 rings (SSSR count). The van der Waals surface area contributed by atoms with Crippen LogP contribution in [0.15, 0.2) is 29.5 Å². The summed E-state index contributed by atoms with van der Waals surface area (Å²) in [6.07, 6.45) is 4.76. The van der Waals surface area contributed by atoms with Gasteiger partial charge in [-0.05, 0) is 38.0 Å². The van der Waals surface area contributed by atoms with Gasteiger partial charge in [-0.1, -0.05) is 25.1 Å². The van der Waals surface area contributed by atoms with Crippen LogP contribution in [0.4, 0.5) is 0 Å². The van der Waals surface area contributed by atoms with Crippen LogP contribution in [0, 0.1) is 0 Å². The molecule has 0 spiro atoms. The second-order valence-electron chi connectivity index (χ2n) is 4.94. The van der Waals surface area contributed by atoms with E-state index in [1.54, 1.807) is 6.21 Å². The van der Waals surface area contributed by atoms with Gasteiger partial charge in [0.15, 0.2) is 5.11 Å². The number of para-hydroxylation sites is 1. The van der Waals surface area contributed by atoms with Crippen LogP contribution in [-0.4, -0.2) is 22.4 Å². The minimum atomic E-state index is 0.297. The van der Waals surface area contributed by atoms with Crippen molar-refractivity contribution in [2.75, 3.05) is 0 Å². The van der Waals surface area contributed by atoms with E-state index in [1.165, 1.54) is 16.5 Å². The summed E-state index contributed by atoms with van der Waals surface area (Å²) in [4.78, 5) is 3.31. The van der Waals surface area contributed by atoms with E-state index < -0.39 is 0 Å². The fourth-order valence-electron chi connectivity index (χ4n) is 2.10. The van der Waals surface area contributed by atoms with Crippen molar-refractivity contribution in [3.05, 3.63) is 35.5 Å². The molecule has 0 atom stereocenters. The number of hydrogen-bond acceptors (Lipinski definition) is 2. The topological polar surface area (TPSA) is 52.2 Å². The Kier molecular flexibility index (Phi) is 4.74. The zero-order chi connectivity index (χ0) is 14.5. The summed E-state index contributed by atoms with van der Waals surface area (Å²) >= 11 is 5.12. The first-order valence-corrected chi connectivity index (χ1v) is 7.21. The third-order valence-corrected chi connectivity index (χ3v) is 3.21. The number of rotatable bonds is 4. The molecule has 0 fully saturated rings. The van der Waals surface area contributed by atoms with Gasteiger partial charge in [-0.3, -0.25) is 5.43 Å². The summed E-state index contributed by atoms with van der Waals surface area (Å²) in [5, 5.41) is 8.96. The molecule has 0 aliphatic heterocycles. The zero-order valence-corrected chi connectivity index (χ0v) is 12.8. The Bertz CT molecular complexity index is 628. The number of nitrogens with one attached hydrogen (secondary N) is 3. The first-order valence-electron chi connectivity index (χ1n) is 6.80. The fraction of sp³-hybridized carbons (Fsp3) is 0.333. The van der Waals surface area contributed by atoms with Crippen LogP contribution < -0.4 is 10.7 Å². The number of aromatic nitrogens is 1. The van der Waals surface area contributed by atoms with Gasteiger partial charge in [0.1, 0.15) is 0 Å². The third kappa shape index (κ3) is 3.36. The van der Waals surface area contributed by atoms with Gasteiger partial charge in [0.05, 0.1) is 6.21 Å². The Morgan fingerprint density at radius 2 is 2.25 bits per heavy atom. The Labute approximate surface area is 124 Å². The number of hydrogen-bond donors (Lipinski definition) is 3. The molecular formula is C15H20N4S. The zero-order valence-electron chi connectivity index (χ0n) is 12.0. The molecule has 106 valence electrons. The Morgan fingerprint density at radius 3 is 2.95 bits per heavy atom. The lowest BCUT2D eigenvalue weighted by Gasteiger charge is -2.09. The quantitative estimate of drug-likeness (QED) is 0.460. The molecule has 0 amide bonds. The molecule has 3 N–H and O–H groups in total. The van der Waals surface area contributed by atoms with Crippen molar-refractivity contribution in [1.29, 1.82) is 0 Å². The van der Waals surface area contributed by atoms with E-state index in [9.17, 15) is 0 Å². The molecule has 1 heterocycles. The number of aryl methyl sites for hydroxylation is 1. The molecule has 5 heteroatoms. The minimum Gasteiger partial charge on any atom is -0.360 e. The monoisotopic (exact) mass is 288 g/mol. The lowest BCUT2D eigenvalue weighted by atomic mass is 10.1. The average Bonchev–Trinajstić information content (AvgIpc) is 2.81. The number of aromatic amines is 1. The van der Waals surface area contributed by atoms with Crippen molar-refractivity contribution in [1.82, 2.24) is 15.7 Å². The summed E-state index contributed by atoms with van der Waals surface area (Å²) in [5.74, 6) is 0. The molecule has 0 unspecified atom stereocenters. The molecule has 4 nitrogen and oxygen atoms in total. The van der Waals surface area contributed by atoms with Crippen LogP contribution in [0.5, 0.6) is 0 Å². The smallest absolute Gasteiger partial charge is 0.187 e. The largest absolute Gasteiger partial charge is 0.360 e. The number of thiocarbonyl (C=S) groups is 1. The van der Waals surface area contributed by atoms with E-state index in [-0.39, 0.29) is 0 Å². The highest BCUT2D eigenvalue weighted by Gasteiger charge is 2.04. The minimum absolute atomic E-state index is 0.297. The highest BCUT2D eigenvalue weighted by Crippen LogP contribution is 2.20. The lowest BCUT2D eigenvalue weighted by Crippen LogP contribution is -2.36. The molecule has 0 aliphatic rings. The van der Waals surface area contributed by atoms with Crippen LogP contribution in [0.2, 0.25) is 0 Å². The van der Waals surface area contributed by atoms with Gasteiger partial charge < -0.3 is 10.3 Å². The molecule has 0 aliphatic carbocycles. The first kappa shape index (κ1) is 14.5. The molecule has 0 radical (unpaired) electrons. The molecule has 1 aromatic heterocycles. The van der Waals surface area contributed by atoms with Gasteiger partial charge in [-0.15, -0.1) is 0 Å². The van der Waals surface area contributed by atoms with Crippen LogP contribution in [0.25, 0.3) is 10.9 Å². The van der Waals surface area contributed by atoms with Gasteiger partial charge in [0.25, 0.3) is 0 Å². The van der Waals surface area contributed by atoms with E-state index in [4.69, 9.17) is 12.2 Å². The Balaban J connectivity index is 2.12. The summed E-state index contributed by atoms with van der Waals surface area (Å²) in [7, 11) is 0. The Morgan fingerprint density at radius 1 is 1.45 bits per heavy atom. The van der Waals surface area contributed by atoms with Crippen molar-refractivity contribution >= 4 is 34.4 Å². The lowest BCUT2D eigenvalue weighted by molar-refractivity contribution is 0.720. The SMILES string of the molecule is CCc1cccc2c(C=NNC(=S)NC(C)C)c[nH]c12. The van der Waals surface area contributed by atoms with E-state index in [1.807, 2.05) is 20.0 Å². The summed E-state index contributed by atoms with van der Waals surface area (Å²) in [6.45, 7) is 6.22. The molecule has 0 bridgehead atoms. The van der Waals surface area contributed by atoms with Crippen molar-refractivity contribution in [2.45, 2.75) is 33.2 Å². The van der Waals surface area contributed by atoms with Crippen molar-refractivity contribution in [3.63, 3.8) is 0 Å². The maximum atomic E-state index is 5.12. The van der Waals surface area contributed by atoms with Crippen LogP contribution in [0.3, 0.4) is 0 Å². The molecule has 0 saturated carbocycles. The normalized spacial score (nSPS) is 11.4. The van der Waals surface area contributed by atoms with Crippen LogP contribution in [0.1, 0.15) is 31.9 Å². The van der Waals surface area contributed by atoms with Gasteiger partial charge in [0.2, 0.25) is 0 Å². The van der Waals surface area contributed by atoms with E-state index in [0.29, 0.717) is 11.2 Å². The molecular weight excluding hydrogens is 268 g/mol. The second-order valence-corrected chi connectivity index (χ2v) is 5.34. The number of H-pyrrole nitrogens is 1. The van der Waals surface area contributed by atoms with E-state index >= 15 is 0 Å². The van der Waals surface area contributed by atoms with Gasteiger partial charge >= 0.3 is 0 Å². The first-order chi connectivity index (χ1) is 9.61. The predicted molar refractivity (Wildman–Crippen MR) is 89.3 cm³/mol. The Hall–Kier alpha value is -1.88. The molecule has 20 heavy (non-hydrogen) atoms. The number of fused-ring (bicyclic) bond motifs is 1. The number of nitrogens with zero attached hydrogens (tertiary/aromatic N) is 1. The molecule has 0 saturated heterocycles. The summed E-state index contributed by atoms with van der Waals surface area (Å²) in [6, 6.07) is 6.60. The van der Waals surface area contributed by atoms with Crippen molar-refractivity contribution in [3.8, 4) is 0 Å². The van der Waals surface area contributed by atoms with Crippen LogP contribution >= 0.6 is 12.2 Å². The van der Waals surface area contributed by atoms with Crippen LogP contribution in [-0.2, 0) is 6.42 Å². The predicted octanol–water partition coefficient (Wildman–Crippen LogP) is 2.94. The maximum Gasteiger partial charge on any atom is 0.187 e. The number of hydrazone groups is 1. The van der Waals surface area contributed by atoms with E-state index in [2.05, 4.69) is 46.0 Å². The van der Waals surface area contributed by atoms with Gasteiger partial charge in [-0.25, -0.2) is 0 Å². The van der Waals surface area contributed by atoms with Gasteiger partial charge in [-0.2, -0.15) is 5.10 Å². The summed E-state index contributed by atoms with van der Waals surface area (Å²) in [5.41, 5.74) is 6.36. The van der Waals surface area contributed by atoms with Gasteiger partial charge in [0, 0.05) is 28.7 Å². The second kappa shape index (κ2) is 6.52. The maximum absolute atomic E-state index is 5.12. The number of benzene rings is 1. The third-order valence-electron chi connectivity index (χ3n) is 3.00. The van der Waals surface area contributed by atoms with E-state index in [0.717, 1.165) is 12.0 Å². The van der Waals surface area contributed by atoms with Crippen molar-refractivity contribution in [2.24, 2.45) is 5.10 Å². The fourth-order valence-corrected chi connectivity index (χ4v) is 2.38. The standard InChI is InChI=1S/C15H20N4S/c1-4-11-6-5-7-13-12(8-16-14(11)13)9-17-19-15(20)18-10(2)3/h5-10,16H,4H2,1-3H3,(H2,18,19,20). The van der Waals surface area contributed by atoms with Crippen molar-refractivity contribution < 1.29 is 0 Å². The molecule has 1 aromatic carbocycles. The summed E-state index contributed by atoms with van der Waals surface area (Å²) < 4.78 is 0. The highest BCUT2D eigenvalue weighted by molar-refractivity contribution is 7.80. The average molecular weight is 288 g/mol. The highest BCUT2D eigenvalue weighted by atomic mass is 32.1. The molecule has 2 aromatic rings.